The predicted molar refractivity (Wildman–Crippen MR) is 72.9 cm³/mol. The number of rotatable bonds is 3. The normalized spacial score (nSPS) is 25.3. The first-order valence-corrected chi connectivity index (χ1v) is 6.70. The Morgan fingerprint density at radius 3 is 2.89 bits per heavy atom. The number of nitrogens with zero attached hydrogens (tertiary/aromatic N) is 1. The van der Waals surface area contributed by atoms with Crippen LogP contribution >= 0.6 is 11.6 Å². The van der Waals surface area contributed by atoms with Crippen LogP contribution in [0.3, 0.4) is 0 Å². The number of ether oxygens (including phenoxy) is 1. The summed E-state index contributed by atoms with van der Waals surface area (Å²) in [5, 5.41) is 10.0. The van der Waals surface area contributed by atoms with Crippen molar-refractivity contribution >= 4 is 11.6 Å². The van der Waals surface area contributed by atoms with Crippen molar-refractivity contribution in [1.29, 1.82) is 0 Å². The van der Waals surface area contributed by atoms with Gasteiger partial charge in [0.15, 0.2) is 0 Å². The molecule has 0 saturated carbocycles. The molecule has 1 saturated heterocycles. The van der Waals surface area contributed by atoms with Crippen LogP contribution in [0.5, 0.6) is 0 Å². The summed E-state index contributed by atoms with van der Waals surface area (Å²) < 4.78 is 5.63. The summed E-state index contributed by atoms with van der Waals surface area (Å²) in [4.78, 5) is 2.28. The molecule has 18 heavy (non-hydrogen) atoms. The maximum Gasteiger partial charge on any atom is 0.0936 e. The number of hydrogen-bond donors (Lipinski definition) is 1. The van der Waals surface area contributed by atoms with Crippen molar-refractivity contribution < 1.29 is 9.84 Å². The van der Waals surface area contributed by atoms with Crippen molar-refractivity contribution in [1.82, 2.24) is 4.90 Å². The van der Waals surface area contributed by atoms with Gasteiger partial charge in [0.2, 0.25) is 0 Å². The molecule has 1 aliphatic rings. The summed E-state index contributed by atoms with van der Waals surface area (Å²) in [6.45, 7) is 6.58. The summed E-state index contributed by atoms with van der Waals surface area (Å²) in [5.41, 5.74) is 2.31. The Morgan fingerprint density at radius 2 is 2.22 bits per heavy atom. The molecule has 0 aromatic heterocycles. The predicted octanol–water partition coefficient (Wildman–Crippen LogP) is 2.23. The number of halogens is 1. The largest absolute Gasteiger partial charge is 0.394 e. The molecule has 1 N–H and O–H groups in total. The molecule has 3 nitrogen and oxygen atoms in total. The Morgan fingerprint density at radius 1 is 1.44 bits per heavy atom. The third kappa shape index (κ3) is 3.45. The number of hydrogen-bond acceptors (Lipinski definition) is 3. The van der Waals surface area contributed by atoms with Crippen molar-refractivity contribution in [3.8, 4) is 0 Å². The van der Waals surface area contributed by atoms with Crippen molar-refractivity contribution in [2.45, 2.75) is 32.6 Å². The van der Waals surface area contributed by atoms with Crippen molar-refractivity contribution in [3.63, 3.8) is 0 Å². The fourth-order valence-electron chi connectivity index (χ4n) is 2.39. The van der Waals surface area contributed by atoms with E-state index in [0.717, 1.165) is 30.2 Å². The second-order valence-corrected chi connectivity index (χ2v) is 5.45. The summed E-state index contributed by atoms with van der Waals surface area (Å²) in [7, 11) is 0. The number of aryl methyl sites for hydroxylation is 1. The van der Waals surface area contributed by atoms with Crippen LogP contribution in [0.2, 0.25) is 5.02 Å². The highest BCUT2D eigenvalue weighted by molar-refractivity contribution is 6.31. The second-order valence-electron chi connectivity index (χ2n) is 5.04. The zero-order valence-corrected chi connectivity index (χ0v) is 11.7. The summed E-state index contributed by atoms with van der Waals surface area (Å²) in [6.07, 6.45) is 0.0677. The van der Waals surface area contributed by atoms with Gasteiger partial charge in [-0.1, -0.05) is 23.7 Å². The first kappa shape index (κ1) is 13.8. The van der Waals surface area contributed by atoms with E-state index >= 15 is 0 Å². The maximum atomic E-state index is 9.21. The van der Waals surface area contributed by atoms with Gasteiger partial charge in [0, 0.05) is 24.7 Å². The fraction of sp³-hybridized carbons (Fsp3) is 0.571. The molecular weight excluding hydrogens is 250 g/mol. The molecule has 4 heteroatoms. The van der Waals surface area contributed by atoms with Crippen molar-refractivity contribution in [2.75, 3.05) is 19.7 Å². The van der Waals surface area contributed by atoms with E-state index in [0.29, 0.717) is 0 Å². The van der Waals surface area contributed by atoms with E-state index in [4.69, 9.17) is 16.3 Å². The Bertz CT molecular complexity index is 411. The van der Waals surface area contributed by atoms with E-state index in [1.165, 1.54) is 5.56 Å². The average molecular weight is 270 g/mol. The molecular formula is C14H20ClNO2. The van der Waals surface area contributed by atoms with Gasteiger partial charge in [-0.05, 0) is 31.0 Å². The number of morpholine rings is 1. The molecule has 2 rings (SSSR count). The van der Waals surface area contributed by atoms with E-state index in [1.54, 1.807) is 0 Å². The number of benzene rings is 1. The van der Waals surface area contributed by atoms with Gasteiger partial charge in [0.25, 0.3) is 0 Å². The highest BCUT2D eigenvalue weighted by Gasteiger charge is 2.24. The average Bonchev–Trinajstić information content (AvgIpc) is 2.32. The minimum Gasteiger partial charge on any atom is -0.394 e. The number of aliphatic hydroxyl groups excluding tert-OH is 1. The van der Waals surface area contributed by atoms with Gasteiger partial charge >= 0.3 is 0 Å². The Hall–Kier alpha value is -0.610. The second kappa shape index (κ2) is 6.02. The molecule has 1 aromatic rings. The lowest BCUT2D eigenvalue weighted by Gasteiger charge is -2.36. The monoisotopic (exact) mass is 269 g/mol. The lowest BCUT2D eigenvalue weighted by atomic mass is 10.1. The van der Waals surface area contributed by atoms with Crippen LogP contribution in [0, 0.1) is 6.92 Å². The van der Waals surface area contributed by atoms with Gasteiger partial charge in [0.05, 0.1) is 18.8 Å². The minimum absolute atomic E-state index is 0.0719. The molecule has 0 bridgehead atoms. The minimum atomic E-state index is -0.0852. The summed E-state index contributed by atoms with van der Waals surface area (Å²) >= 11 is 6.25. The molecule has 1 fully saturated rings. The SMILES string of the molecule is Cc1ccc(CN2CC(C)OC(CO)C2)c(Cl)c1. The Balaban J connectivity index is 2.04. The van der Waals surface area contributed by atoms with E-state index in [2.05, 4.69) is 17.0 Å². The summed E-state index contributed by atoms with van der Waals surface area (Å²) in [6, 6.07) is 6.14. The van der Waals surface area contributed by atoms with Gasteiger partial charge in [-0.2, -0.15) is 0 Å². The standard InChI is InChI=1S/C14H20ClNO2/c1-10-3-4-12(14(15)5-10)7-16-6-11(2)18-13(8-16)9-17/h3-5,11,13,17H,6-9H2,1-2H3. The van der Waals surface area contributed by atoms with Crippen LogP contribution in [0.1, 0.15) is 18.1 Å². The molecule has 0 amide bonds. The molecule has 0 spiro atoms. The van der Waals surface area contributed by atoms with E-state index in [9.17, 15) is 5.11 Å². The maximum absolute atomic E-state index is 9.21. The topological polar surface area (TPSA) is 32.7 Å². The Labute approximate surface area is 113 Å². The zero-order valence-electron chi connectivity index (χ0n) is 10.9. The Kier molecular flexibility index (Phi) is 4.62. The van der Waals surface area contributed by atoms with Crippen LogP contribution in [0.25, 0.3) is 0 Å². The molecule has 1 heterocycles. The molecule has 2 unspecified atom stereocenters. The first-order chi connectivity index (χ1) is 8.58. The smallest absolute Gasteiger partial charge is 0.0936 e. The molecule has 2 atom stereocenters. The highest BCUT2D eigenvalue weighted by atomic mass is 35.5. The molecule has 0 radical (unpaired) electrons. The van der Waals surface area contributed by atoms with Crippen LogP contribution in [0.4, 0.5) is 0 Å². The van der Waals surface area contributed by atoms with E-state index in [-0.39, 0.29) is 18.8 Å². The van der Waals surface area contributed by atoms with Gasteiger partial charge in [-0.15, -0.1) is 0 Å². The fourth-order valence-corrected chi connectivity index (χ4v) is 2.69. The quantitative estimate of drug-likeness (QED) is 0.913. The molecule has 0 aliphatic carbocycles. The van der Waals surface area contributed by atoms with Crippen LogP contribution < -0.4 is 0 Å². The zero-order chi connectivity index (χ0) is 13.1. The molecule has 1 aliphatic heterocycles. The van der Waals surface area contributed by atoms with E-state index in [1.807, 2.05) is 19.9 Å². The van der Waals surface area contributed by atoms with Gasteiger partial charge in [-0.3, -0.25) is 4.90 Å². The molecule has 100 valence electrons. The lowest BCUT2D eigenvalue weighted by molar-refractivity contribution is -0.0972. The van der Waals surface area contributed by atoms with Gasteiger partial charge < -0.3 is 9.84 Å². The third-order valence-electron chi connectivity index (χ3n) is 3.21. The van der Waals surface area contributed by atoms with Crippen LogP contribution in [0.15, 0.2) is 18.2 Å². The molecule has 1 aromatic carbocycles. The first-order valence-electron chi connectivity index (χ1n) is 6.32. The van der Waals surface area contributed by atoms with Crippen molar-refractivity contribution in [3.05, 3.63) is 34.3 Å². The van der Waals surface area contributed by atoms with E-state index < -0.39 is 0 Å². The van der Waals surface area contributed by atoms with Crippen molar-refractivity contribution in [2.24, 2.45) is 0 Å². The van der Waals surface area contributed by atoms with Gasteiger partial charge in [-0.25, -0.2) is 0 Å². The summed E-state index contributed by atoms with van der Waals surface area (Å²) in [5.74, 6) is 0. The lowest BCUT2D eigenvalue weighted by Crippen LogP contribution is -2.47. The highest BCUT2D eigenvalue weighted by Crippen LogP contribution is 2.21. The van der Waals surface area contributed by atoms with Crippen LogP contribution in [-0.2, 0) is 11.3 Å². The number of aliphatic hydroxyl groups is 1. The van der Waals surface area contributed by atoms with Gasteiger partial charge in [0.1, 0.15) is 0 Å². The van der Waals surface area contributed by atoms with Crippen LogP contribution in [-0.4, -0.2) is 41.9 Å². The third-order valence-corrected chi connectivity index (χ3v) is 3.56.